The Bertz CT molecular complexity index is 954. The van der Waals surface area contributed by atoms with Gasteiger partial charge in [0.1, 0.15) is 17.0 Å². The number of methoxy groups -OCH3 is 1. The molecule has 0 bridgehead atoms. The standard InChI is InChI=1S/C22H27FN2O4.CH2O2/c1-14-11-24-18(15(2)20(14)29-3)12-25-8-7-19(26)22(13-25,21(27)28)10-16-5-4-6-17(23)9-16;2-1-3/h4-6,9,11,19,26H,7-8,10,12-13H2,1-3H3,(H,27,28);1H,(H,2,3)/t19-,22+;/m0./s1. The number of aliphatic carboxylic acids is 1. The van der Waals surface area contributed by atoms with Crippen LogP contribution >= 0.6 is 0 Å². The van der Waals surface area contributed by atoms with Gasteiger partial charge < -0.3 is 20.1 Å². The van der Waals surface area contributed by atoms with E-state index >= 15 is 0 Å². The monoisotopic (exact) mass is 448 g/mol. The number of halogens is 1. The summed E-state index contributed by atoms with van der Waals surface area (Å²) in [4.78, 5) is 27.1. The first-order valence-corrected chi connectivity index (χ1v) is 10.1. The molecule has 9 heteroatoms. The number of aromatic nitrogens is 1. The van der Waals surface area contributed by atoms with Crippen LogP contribution in [0.25, 0.3) is 0 Å². The molecule has 1 aromatic carbocycles. The van der Waals surface area contributed by atoms with Crippen molar-refractivity contribution in [2.45, 2.75) is 39.3 Å². The fourth-order valence-corrected chi connectivity index (χ4v) is 4.21. The zero-order valence-corrected chi connectivity index (χ0v) is 18.4. The highest BCUT2D eigenvalue weighted by molar-refractivity contribution is 5.76. The van der Waals surface area contributed by atoms with Crippen molar-refractivity contribution in [1.82, 2.24) is 9.88 Å². The summed E-state index contributed by atoms with van der Waals surface area (Å²) in [6.45, 7) is 4.76. The molecule has 1 saturated heterocycles. The number of hydrogen-bond donors (Lipinski definition) is 3. The number of carboxylic acid groups (broad SMARTS) is 2. The molecule has 3 rings (SSSR count). The Hall–Kier alpha value is -3.04. The molecular formula is C23H29FN2O6. The van der Waals surface area contributed by atoms with Gasteiger partial charge in [0, 0.05) is 37.0 Å². The summed E-state index contributed by atoms with van der Waals surface area (Å²) < 4.78 is 19.1. The summed E-state index contributed by atoms with van der Waals surface area (Å²) in [7, 11) is 1.62. The Kier molecular flexibility index (Phi) is 8.68. The Morgan fingerprint density at radius 2 is 2.09 bits per heavy atom. The first-order valence-electron chi connectivity index (χ1n) is 10.1. The number of aliphatic hydroxyl groups is 1. The lowest BCUT2D eigenvalue weighted by molar-refractivity contribution is -0.163. The molecule has 0 aliphatic carbocycles. The molecule has 1 aliphatic rings. The molecule has 0 radical (unpaired) electrons. The number of carboxylic acids is 1. The number of hydrogen-bond acceptors (Lipinski definition) is 6. The molecule has 174 valence electrons. The highest BCUT2D eigenvalue weighted by Gasteiger charge is 2.49. The number of rotatable bonds is 6. The van der Waals surface area contributed by atoms with Gasteiger partial charge in [-0.2, -0.15) is 0 Å². The first-order chi connectivity index (χ1) is 15.2. The number of benzene rings is 1. The highest BCUT2D eigenvalue weighted by atomic mass is 19.1. The molecule has 0 unspecified atom stereocenters. The third kappa shape index (κ3) is 5.60. The van der Waals surface area contributed by atoms with Gasteiger partial charge in [-0.05, 0) is 44.4 Å². The normalized spacial score (nSPS) is 20.7. The van der Waals surface area contributed by atoms with Crippen LogP contribution in [-0.4, -0.2) is 63.9 Å². The minimum Gasteiger partial charge on any atom is -0.496 e. The minimum absolute atomic E-state index is 0.0569. The number of piperidine rings is 1. The van der Waals surface area contributed by atoms with Crippen LogP contribution in [0.1, 0.15) is 28.8 Å². The number of aliphatic hydroxyl groups excluding tert-OH is 1. The predicted octanol–water partition coefficient (Wildman–Crippen LogP) is 2.43. The van der Waals surface area contributed by atoms with Crippen molar-refractivity contribution >= 4 is 12.4 Å². The molecule has 2 atom stereocenters. The van der Waals surface area contributed by atoms with E-state index in [-0.39, 0.29) is 19.4 Å². The minimum atomic E-state index is -1.41. The zero-order chi connectivity index (χ0) is 23.9. The van der Waals surface area contributed by atoms with Gasteiger partial charge in [-0.15, -0.1) is 0 Å². The average molecular weight is 448 g/mol. The molecule has 3 N–H and O–H groups in total. The molecule has 0 amide bonds. The molecular weight excluding hydrogens is 419 g/mol. The van der Waals surface area contributed by atoms with Crippen molar-refractivity contribution < 1.29 is 34.0 Å². The van der Waals surface area contributed by atoms with Crippen LogP contribution in [-0.2, 0) is 22.6 Å². The lowest BCUT2D eigenvalue weighted by atomic mass is 9.72. The molecule has 1 fully saturated rings. The third-order valence-corrected chi connectivity index (χ3v) is 5.82. The fraction of sp³-hybridized carbons (Fsp3) is 0.435. The van der Waals surface area contributed by atoms with Crippen LogP contribution in [0.15, 0.2) is 30.5 Å². The van der Waals surface area contributed by atoms with Gasteiger partial charge in [0.25, 0.3) is 6.47 Å². The predicted molar refractivity (Wildman–Crippen MR) is 115 cm³/mol. The van der Waals surface area contributed by atoms with Gasteiger partial charge in [0.2, 0.25) is 0 Å². The number of likely N-dealkylation sites (tertiary alicyclic amines) is 1. The first kappa shape index (κ1) is 25.2. The van der Waals surface area contributed by atoms with Crippen molar-refractivity contribution in [2.75, 3.05) is 20.2 Å². The van der Waals surface area contributed by atoms with Gasteiger partial charge in [-0.25, -0.2) is 4.39 Å². The average Bonchev–Trinajstić information content (AvgIpc) is 2.73. The van der Waals surface area contributed by atoms with Crippen molar-refractivity contribution in [2.24, 2.45) is 5.41 Å². The van der Waals surface area contributed by atoms with Crippen LogP contribution in [0.2, 0.25) is 0 Å². The van der Waals surface area contributed by atoms with Crippen molar-refractivity contribution in [3.8, 4) is 5.75 Å². The number of pyridine rings is 1. The van der Waals surface area contributed by atoms with Crippen LogP contribution in [0.4, 0.5) is 4.39 Å². The molecule has 2 aromatic rings. The fourth-order valence-electron chi connectivity index (χ4n) is 4.21. The third-order valence-electron chi connectivity index (χ3n) is 5.82. The second-order valence-corrected chi connectivity index (χ2v) is 7.93. The highest BCUT2D eigenvalue weighted by Crippen LogP contribution is 2.36. The summed E-state index contributed by atoms with van der Waals surface area (Å²) in [6, 6.07) is 5.89. The van der Waals surface area contributed by atoms with E-state index in [4.69, 9.17) is 14.6 Å². The Morgan fingerprint density at radius 1 is 1.41 bits per heavy atom. The van der Waals surface area contributed by atoms with E-state index in [2.05, 4.69) is 4.98 Å². The summed E-state index contributed by atoms with van der Waals surface area (Å²) in [6.07, 6.45) is 1.11. The second kappa shape index (κ2) is 11.0. The molecule has 32 heavy (non-hydrogen) atoms. The van der Waals surface area contributed by atoms with E-state index in [9.17, 15) is 19.4 Å². The Labute approximate surface area is 186 Å². The number of nitrogens with zero attached hydrogens (tertiary/aromatic N) is 2. The van der Waals surface area contributed by atoms with E-state index in [0.717, 1.165) is 22.6 Å². The smallest absolute Gasteiger partial charge is 0.313 e. The second-order valence-electron chi connectivity index (χ2n) is 7.93. The molecule has 1 aliphatic heterocycles. The molecule has 0 spiro atoms. The molecule has 1 aromatic heterocycles. The van der Waals surface area contributed by atoms with E-state index < -0.39 is 23.3 Å². The maximum Gasteiger partial charge on any atom is 0.313 e. The van der Waals surface area contributed by atoms with E-state index in [1.54, 1.807) is 25.4 Å². The Morgan fingerprint density at radius 3 is 2.69 bits per heavy atom. The summed E-state index contributed by atoms with van der Waals surface area (Å²) in [5.74, 6) is -0.724. The van der Waals surface area contributed by atoms with Crippen LogP contribution < -0.4 is 4.74 Å². The van der Waals surface area contributed by atoms with Gasteiger partial charge in [0.05, 0.1) is 18.9 Å². The SMILES string of the molecule is COc1c(C)cnc(CN2CC[C@H](O)[C@](Cc3cccc(F)c3)(C(=O)O)C2)c1C.O=CO. The van der Waals surface area contributed by atoms with E-state index in [1.807, 2.05) is 18.7 Å². The Balaban J connectivity index is 0.00000114. The van der Waals surface area contributed by atoms with Crippen LogP contribution in [0.3, 0.4) is 0 Å². The number of ether oxygens (including phenoxy) is 1. The van der Waals surface area contributed by atoms with E-state index in [1.165, 1.54) is 12.1 Å². The summed E-state index contributed by atoms with van der Waals surface area (Å²) in [5.41, 5.74) is 1.82. The lowest BCUT2D eigenvalue weighted by Crippen LogP contribution is -2.57. The van der Waals surface area contributed by atoms with Gasteiger partial charge >= 0.3 is 5.97 Å². The van der Waals surface area contributed by atoms with Gasteiger partial charge in [-0.3, -0.25) is 19.5 Å². The number of carbonyl (C=O) groups is 2. The van der Waals surface area contributed by atoms with Gasteiger partial charge in [0.15, 0.2) is 0 Å². The van der Waals surface area contributed by atoms with Crippen LogP contribution in [0.5, 0.6) is 5.75 Å². The summed E-state index contributed by atoms with van der Waals surface area (Å²) >= 11 is 0. The van der Waals surface area contributed by atoms with Crippen molar-refractivity contribution in [1.29, 1.82) is 0 Å². The quantitative estimate of drug-likeness (QED) is 0.577. The molecule has 0 saturated carbocycles. The van der Waals surface area contributed by atoms with E-state index in [0.29, 0.717) is 25.1 Å². The maximum absolute atomic E-state index is 13.6. The van der Waals surface area contributed by atoms with Crippen molar-refractivity contribution in [3.05, 3.63) is 58.7 Å². The molecule has 8 nitrogen and oxygen atoms in total. The lowest BCUT2D eigenvalue weighted by Gasteiger charge is -2.43. The van der Waals surface area contributed by atoms with Gasteiger partial charge in [-0.1, -0.05) is 12.1 Å². The maximum atomic E-state index is 13.6. The summed E-state index contributed by atoms with van der Waals surface area (Å²) in [5, 5.41) is 27.6. The van der Waals surface area contributed by atoms with Crippen LogP contribution in [0, 0.1) is 25.1 Å². The largest absolute Gasteiger partial charge is 0.496 e. The molecule has 2 heterocycles. The zero-order valence-electron chi connectivity index (χ0n) is 18.4. The van der Waals surface area contributed by atoms with Crippen molar-refractivity contribution in [3.63, 3.8) is 0 Å². The number of aryl methyl sites for hydroxylation is 1. The topological polar surface area (TPSA) is 120 Å².